The van der Waals surface area contributed by atoms with Crippen LogP contribution in [-0.2, 0) is 5.41 Å². The van der Waals surface area contributed by atoms with Crippen LogP contribution < -0.4 is 10.5 Å². The molecule has 0 unspecified atom stereocenters. The molecule has 2 N–H and O–H groups in total. The van der Waals surface area contributed by atoms with E-state index in [0.29, 0.717) is 17.5 Å². The fraction of sp³-hybridized carbons (Fsp3) is 0.412. The molecule has 0 aliphatic carbocycles. The van der Waals surface area contributed by atoms with Crippen LogP contribution in [0.25, 0.3) is 0 Å². The van der Waals surface area contributed by atoms with Gasteiger partial charge in [-0.2, -0.15) is 4.98 Å². The van der Waals surface area contributed by atoms with Gasteiger partial charge in [0.2, 0.25) is 5.88 Å². The molecule has 4 nitrogen and oxygen atoms in total. The van der Waals surface area contributed by atoms with Gasteiger partial charge in [-0.1, -0.05) is 26.8 Å². The van der Waals surface area contributed by atoms with E-state index in [1.54, 1.807) is 6.07 Å². The van der Waals surface area contributed by atoms with Crippen LogP contribution in [0.3, 0.4) is 0 Å². The van der Waals surface area contributed by atoms with Gasteiger partial charge in [0.05, 0.1) is 0 Å². The number of nitrogen functional groups attached to an aromatic ring is 1. The third-order valence-corrected chi connectivity index (χ3v) is 3.37. The summed E-state index contributed by atoms with van der Waals surface area (Å²) in [6, 6.07) is 5.81. The van der Waals surface area contributed by atoms with E-state index >= 15 is 0 Å². The second kappa shape index (κ2) is 5.35. The number of nitrogens with two attached hydrogens (primary N) is 1. The number of rotatable bonds is 2. The summed E-state index contributed by atoms with van der Waals surface area (Å²) in [5.74, 6) is 2.40. The first-order chi connectivity index (χ1) is 9.66. The summed E-state index contributed by atoms with van der Waals surface area (Å²) in [6.07, 6.45) is 0. The Hall–Kier alpha value is -2.10. The maximum atomic E-state index is 5.96. The molecule has 1 heterocycles. The van der Waals surface area contributed by atoms with Gasteiger partial charge in [0.15, 0.2) is 0 Å². The van der Waals surface area contributed by atoms with E-state index in [2.05, 4.69) is 23.0 Å². The molecule has 2 aromatic rings. The van der Waals surface area contributed by atoms with Gasteiger partial charge < -0.3 is 10.5 Å². The Bertz CT molecular complexity index is 672. The van der Waals surface area contributed by atoms with Crippen molar-refractivity contribution in [2.24, 2.45) is 0 Å². The molecule has 2 rings (SSSR count). The van der Waals surface area contributed by atoms with Gasteiger partial charge in [-0.15, -0.1) is 0 Å². The molecule has 0 aliphatic rings. The number of aromatic nitrogens is 2. The molecule has 0 saturated heterocycles. The van der Waals surface area contributed by atoms with Gasteiger partial charge in [-0.25, -0.2) is 4.98 Å². The SMILES string of the molecule is Cc1cc(C)c(C)c(Oc2cc(N)nc(C(C)(C)C)n2)c1. The second-order valence-corrected chi connectivity index (χ2v) is 6.51. The minimum Gasteiger partial charge on any atom is -0.439 e. The van der Waals surface area contributed by atoms with Crippen molar-refractivity contribution in [3.05, 3.63) is 40.7 Å². The van der Waals surface area contributed by atoms with E-state index < -0.39 is 0 Å². The van der Waals surface area contributed by atoms with Gasteiger partial charge in [0.1, 0.15) is 17.4 Å². The second-order valence-electron chi connectivity index (χ2n) is 6.51. The standard InChI is InChI=1S/C17H23N3O/c1-10-7-11(2)12(3)13(8-10)21-15-9-14(18)19-16(20-15)17(4,5)6/h7-9H,1-6H3,(H2,18,19,20). The Morgan fingerprint density at radius 2 is 1.67 bits per heavy atom. The van der Waals surface area contributed by atoms with Crippen LogP contribution in [0.2, 0.25) is 0 Å². The highest BCUT2D eigenvalue weighted by Gasteiger charge is 2.19. The van der Waals surface area contributed by atoms with E-state index in [4.69, 9.17) is 10.5 Å². The summed E-state index contributed by atoms with van der Waals surface area (Å²) in [5.41, 5.74) is 9.16. The van der Waals surface area contributed by atoms with Crippen molar-refractivity contribution < 1.29 is 4.74 Å². The highest BCUT2D eigenvalue weighted by atomic mass is 16.5. The van der Waals surface area contributed by atoms with Crippen LogP contribution in [0.4, 0.5) is 5.82 Å². The van der Waals surface area contributed by atoms with Crippen molar-refractivity contribution in [1.29, 1.82) is 0 Å². The Labute approximate surface area is 126 Å². The highest BCUT2D eigenvalue weighted by Crippen LogP contribution is 2.29. The Morgan fingerprint density at radius 3 is 2.29 bits per heavy atom. The van der Waals surface area contributed by atoms with E-state index in [-0.39, 0.29) is 5.41 Å². The summed E-state index contributed by atoms with van der Waals surface area (Å²) < 4.78 is 5.96. The number of nitrogens with zero attached hydrogens (tertiary/aromatic N) is 2. The van der Waals surface area contributed by atoms with Gasteiger partial charge in [-0.05, 0) is 43.5 Å². The zero-order chi connectivity index (χ0) is 15.8. The monoisotopic (exact) mass is 285 g/mol. The van der Waals surface area contributed by atoms with Gasteiger partial charge >= 0.3 is 0 Å². The molecular formula is C17H23N3O. The maximum Gasteiger partial charge on any atom is 0.224 e. The molecule has 0 saturated carbocycles. The molecular weight excluding hydrogens is 262 g/mol. The number of hydrogen-bond acceptors (Lipinski definition) is 4. The zero-order valence-electron chi connectivity index (χ0n) is 13.6. The minimum atomic E-state index is -0.176. The molecule has 0 spiro atoms. The summed E-state index contributed by atoms with van der Waals surface area (Å²) in [5, 5.41) is 0. The van der Waals surface area contributed by atoms with E-state index in [0.717, 1.165) is 16.9 Å². The van der Waals surface area contributed by atoms with E-state index in [9.17, 15) is 0 Å². The zero-order valence-corrected chi connectivity index (χ0v) is 13.6. The number of benzene rings is 1. The molecule has 4 heteroatoms. The normalized spacial score (nSPS) is 11.5. The Balaban J connectivity index is 2.43. The lowest BCUT2D eigenvalue weighted by Gasteiger charge is -2.18. The summed E-state index contributed by atoms with van der Waals surface area (Å²) in [7, 11) is 0. The number of aryl methyl sites for hydroxylation is 2. The molecule has 112 valence electrons. The van der Waals surface area contributed by atoms with Crippen LogP contribution in [0, 0.1) is 20.8 Å². The van der Waals surface area contributed by atoms with E-state index in [1.165, 1.54) is 5.56 Å². The molecule has 0 fully saturated rings. The molecule has 1 aromatic heterocycles. The average Bonchev–Trinajstić information content (AvgIpc) is 2.33. The topological polar surface area (TPSA) is 61.0 Å². The van der Waals surface area contributed by atoms with Crippen molar-refractivity contribution in [3.63, 3.8) is 0 Å². The van der Waals surface area contributed by atoms with Crippen LogP contribution in [0.15, 0.2) is 18.2 Å². The number of ether oxygens (including phenoxy) is 1. The first-order valence-electron chi connectivity index (χ1n) is 7.07. The third kappa shape index (κ3) is 3.51. The Morgan fingerprint density at radius 1 is 1.00 bits per heavy atom. The molecule has 0 bridgehead atoms. The molecule has 0 radical (unpaired) electrons. The van der Waals surface area contributed by atoms with Gasteiger partial charge in [0.25, 0.3) is 0 Å². The third-order valence-electron chi connectivity index (χ3n) is 3.37. The first-order valence-corrected chi connectivity index (χ1v) is 7.07. The van der Waals surface area contributed by atoms with Crippen molar-refractivity contribution >= 4 is 5.82 Å². The maximum absolute atomic E-state index is 5.96. The van der Waals surface area contributed by atoms with Crippen molar-refractivity contribution in [1.82, 2.24) is 9.97 Å². The number of anilines is 1. The van der Waals surface area contributed by atoms with Gasteiger partial charge in [0, 0.05) is 11.5 Å². The predicted molar refractivity (Wildman–Crippen MR) is 85.9 cm³/mol. The molecule has 0 atom stereocenters. The summed E-state index contributed by atoms with van der Waals surface area (Å²) >= 11 is 0. The highest BCUT2D eigenvalue weighted by molar-refractivity contribution is 5.44. The number of hydrogen-bond donors (Lipinski definition) is 1. The van der Waals surface area contributed by atoms with Crippen LogP contribution in [-0.4, -0.2) is 9.97 Å². The predicted octanol–water partition coefficient (Wildman–Crippen LogP) is 4.07. The summed E-state index contributed by atoms with van der Waals surface area (Å²) in [6.45, 7) is 12.3. The van der Waals surface area contributed by atoms with Crippen LogP contribution in [0.5, 0.6) is 11.6 Å². The first kappa shape index (κ1) is 15.3. The summed E-state index contributed by atoms with van der Waals surface area (Å²) in [4.78, 5) is 8.78. The molecule has 1 aromatic carbocycles. The minimum absolute atomic E-state index is 0.176. The van der Waals surface area contributed by atoms with Crippen LogP contribution in [0.1, 0.15) is 43.3 Å². The smallest absolute Gasteiger partial charge is 0.224 e. The van der Waals surface area contributed by atoms with Crippen LogP contribution >= 0.6 is 0 Å². The van der Waals surface area contributed by atoms with Crippen molar-refractivity contribution in [2.75, 3.05) is 5.73 Å². The Kier molecular flexibility index (Phi) is 3.90. The largest absolute Gasteiger partial charge is 0.439 e. The molecule has 21 heavy (non-hydrogen) atoms. The molecule has 0 aliphatic heterocycles. The lowest BCUT2D eigenvalue weighted by Crippen LogP contribution is -2.17. The van der Waals surface area contributed by atoms with E-state index in [1.807, 2.05) is 40.7 Å². The molecule has 0 amide bonds. The lowest BCUT2D eigenvalue weighted by atomic mass is 9.96. The van der Waals surface area contributed by atoms with Crippen molar-refractivity contribution in [2.45, 2.75) is 47.0 Å². The lowest BCUT2D eigenvalue weighted by molar-refractivity contribution is 0.443. The fourth-order valence-electron chi connectivity index (χ4n) is 2.05. The quantitative estimate of drug-likeness (QED) is 0.903. The fourth-order valence-corrected chi connectivity index (χ4v) is 2.05. The average molecular weight is 285 g/mol. The van der Waals surface area contributed by atoms with Gasteiger partial charge in [-0.3, -0.25) is 0 Å². The van der Waals surface area contributed by atoms with Crippen molar-refractivity contribution in [3.8, 4) is 11.6 Å².